The largest absolute Gasteiger partial charge is 0.496 e. The second kappa shape index (κ2) is 7.00. The lowest BCUT2D eigenvalue weighted by molar-refractivity contribution is 0.0706. The number of likely N-dealkylation sites (tertiary alicyclic amines) is 1. The fraction of sp³-hybridized carbons (Fsp3) is 0.250. The molecule has 4 rings (SSSR count). The summed E-state index contributed by atoms with van der Waals surface area (Å²) in [6, 6.07) is 16.7. The molecule has 6 heteroatoms. The second-order valence-corrected chi connectivity index (χ2v) is 6.18. The maximum atomic E-state index is 13.0. The van der Waals surface area contributed by atoms with Crippen molar-refractivity contribution in [1.29, 1.82) is 0 Å². The smallest absolute Gasteiger partial charge is 0.258 e. The quantitative estimate of drug-likeness (QED) is 0.718. The molecule has 0 spiro atoms. The average Bonchev–Trinajstić information content (AvgIpc) is 3.37. The summed E-state index contributed by atoms with van der Waals surface area (Å²) in [5.41, 5.74) is 1.44. The zero-order valence-corrected chi connectivity index (χ0v) is 14.5. The molecule has 0 saturated carbocycles. The van der Waals surface area contributed by atoms with E-state index in [4.69, 9.17) is 9.26 Å². The molecule has 0 unspecified atom stereocenters. The molecule has 0 bridgehead atoms. The Labute approximate surface area is 151 Å². The van der Waals surface area contributed by atoms with Crippen molar-refractivity contribution in [3.05, 3.63) is 66.1 Å². The molecule has 0 N–H and O–H groups in total. The van der Waals surface area contributed by atoms with Crippen LogP contribution in [0.15, 0.2) is 59.1 Å². The Bertz CT molecular complexity index is 907. The highest BCUT2D eigenvalue weighted by Gasteiger charge is 2.35. The maximum Gasteiger partial charge on any atom is 0.258 e. The molecule has 132 valence electrons. The minimum atomic E-state index is -0.211. The van der Waals surface area contributed by atoms with Crippen LogP contribution in [0.3, 0.4) is 0 Å². The first-order valence-corrected chi connectivity index (χ1v) is 8.61. The minimum Gasteiger partial charge on any atom is -0.496 e. The predicted octanol–water partition coefficient (Wildman–Crippen LogP) is 3.72. The average molecular weight is 349 g/mol. The normalized spacial score (nSPS) is 16.7. The molecule has 1 amide bonds. The summed E-state index contributed by atoms with van der Waals surface area (Å²) in [4.78, 5) is 19.4. The lowest BCUT2D eigenvalue weighted by Gasteiger charge is -2.22. The van der Waals surface area contributed by atoms with E-state index in [-0.39, 0.29) is 11.9 Å². The van der Waals surface area contributed by atoms with Crippen LogP contribution in [0.5, 0.6) is 5.75 Å². The molecule has 1 aliphatic rings. The topological polar surface area (TPSA) is 68.5 Å². The van der Waals surface area contributed by atoms with Gasteiger partial charge in [-0.15, -0.1) is 0 Å². The SMILES string of the molecule is COc1ccccc1C(=O)N1CCC[C@H]1c1nc(-c2ccccc2)no1. The maximum absolute atomic E-state index is 13.0. The number of rotatable bonds is 4. The first kappa shape index (κ1) is 16.3. The van der Waals surface area contributed by atoms with Gasteiger partial charge in [-0.25, -0.2) is 0 Å². The summed E-state index contributed by atoms with van der Waals surface area (Å²) in [7, 11) is 1.57. The van der Waals surface area contributed by atoms with E-state index in [9.17, 15) is 4.79 Å². The summed E-state index contributed by atoms with van der Waals surface area (Å²) in [6.07, 6.45) is 1.70. The standard InChI is InChI=1S/C20H19N3O3/c1-25-17-12-6-5-10-15(17)20(24)23-13-7-11-16(23)19-21-18(22-26-19)14-8-3-2-4-9-14/h2-6,8-10,12,16H,7,11,13H2,1H3/t16-/m0/s1. The van der Waals surface area contributed by atoms with Gasteiger partial charge in [0.1, 0.15) is 11.8 Å². The zero-order chi connectivity index (χ0) is 17.9. The van der Waals surface area contributed by atoms with Crippen LogP contribution in [-0.2, 0) is 0 Å². The number of benzene rings is 2. The van der Waals surface area contributed by atoms with Crippen LogP contribution in [-0.4, -0.2) is 34.6 Å². The number of ether oxygens (including phenoxy) is 1. The van der Waals surface area contributed by atoms with Crippen molar-refractivity contribution in [2.75, 3.05) is 13.7 Å². The van der Waals surface area contributed by atoms with Crippen LogP contribution < -0.4 is 4.74 Å². The highest BCUT2D eigenvalue weighted by Crippen LogP contribution is 2.34. The van der Waals surface area contributed by atoms with E-state index in [0.29, 0.717) is 29.6 Å². The molecule has 6 nitrogen and oxygen atoms in total. The van der Waals surface area contributed by atoms with Gasteiger partial charge in [0, 0.05) is 12.1 Å². The van der Waals surface area contributed by atoms with Gasteiger partial charge in [-0.3, -0.25) is 4.79 Å². The molecule has 1 atom stereocenters. The van der Waals surface area contributed by atoms with Gasteiger partial charge in [-0.05, 0) is 25.0 Å². The molecule has 2 heterocycles. The van der Waals surface area contributed by atoms with Crippen molar-refractivity contribution in [1.82, 2.24) is 15.0 Å². The monoisotopic (exact) mass is 349 g/mol. The fourth-order valence-electron chi connectivity index (χ4n) is 3.32. The Hall–Kier alpha value is -3.15. The number of methoxy groups -OCH3 is 1. The first-order valence-electron chi connectivity index (χ1n) is 8.61. The Kier molecular flexibility index (Phi) is 4.39. The number of carbonyl (C=O) groups is 1. The lowest BCUT2D eigenvalue weighted by Crippen LogP contribution is -2.31. The van der Waals surface area contributed by atoms with Crippen LogP contribution in [0.4, 0.5) is 0 Å². The Morgan fingerprint density at radius 2 is 1.92 bits per heavy atom. The second-order valence-electron chi connectivity index (χ2n) is 6.18. The van der Waals surface area contributed by atoms with Crippen LogP contribution in [0.25, 0.3) is 11.4 Å². The molecule has 3 aromatic rings. The van der Waals surface area contributed by atoms with Crippen molar-refractivity contribution in [3.8, 4) is 17.1 Å². The van der Waals surface area contributed by atoms with E-state index in [0.717, 1.165) is 18.4 Å². The molecular formula is C20H19N3O3. The van der Waals surface area contributed by atoms with Gasteiger partial charge in [0.25, 0.3) is 5.91 Å². The Morgan fingerprint density at radius 3 is 2.73 bits per heavy atom. The van der Waals surface area contributed by atoms with Crippen molar-refractivity contribution >= 4 is 5.91 Å². The van der Waals surface area contributed by atoms with Crippen LogP contribution >= 0.6 is 0 Å². The summed E-state index contributed by atoms with van der Waals surface area (Å²) >= 11 is 0. The molecule has 0 radical (unpaired) electrons. The van der Waals surface area contributed by atoms with Crippen molar-refractivity contribution in [2.45, 2.75) is 18.9 Å². The zero-order valence-electron chi connectivity index (χ0n) is 14.5. The summed E-state index contributed by atoms with van der Waals surface area (Å²) in [5, 5.41) is 4.08. The Balaban J connectivity index is 1.61. The van der Waals surface area contributed by atoms with Gasteiger partial charge in [0.05, 0.1) is 12.7 Å². The van der Waals surface area contributed by atoms with Gasteiger partial charge < -0.3 is 14.2 Å². The van der Waals surface area contributed by atoms with Gasteiger partial charge in [0.15, 0.2) is 0 Å². The molecule has 2 aromatic carbocycles. The van der Waals surface area contributed by atoms with E-state index in [1.807, 2.05) is 42.5 Å². The first-order chi connectivity index (χ1) is 12.8. The van der Waals surface area contributed by atoms with Crippen LogP contribution in [0, 0.1) is 0 Å². The van der Waals surface area contributed by atoms with E-state index >= 15 is 0 Å². The third kappa shape index (κ3) is 2.94. The number of hydrogen-bond acceptors (Lipinski definition) is 5. The summed E-state index contributed by atoms with van der Waals surface area (Å²) < 4.78 is 10.8. The summed E-state index contributed by atoms with van der Waals surface area (Å²) in [5.74, 6) is 1.50. The van der Waals surface area contributed by atoms with Crippen molar-refractivity contribution in [3.63, 3.8) is 0 Å². The highest BCUT2D eigenvalue weighted by atomic mass is 16.5. The molecule has 1 aliphatic heterocycles. The number of hydrogen-bond donors (Lipinski definition) is 0. The molecule has 1 saturated heterocycles. The fourth-order valence-corrected chi connectivity index (χ4v) is 3.32. The highest BCUT2D eigenvalue weighted by molar-refractivity contribution is 5.97. The van der Waals surface area contributed by atoms with E-state index < -0.39 is 0 Å². The van der Waals surface area contributed by atoms with Crippen molar-refractivity contribution in [2.24, 2.45) is 0 Å². The van der Waals surface area contributed by atoms with Gasteiger partial charge in [0.2, 0.25) is 11.7 Å². The molecule has 0 aliphatic carbocycles. The van der Waals surface area contributed by atoms with Crippen LogP contribution in [0.1, 0.15) is 35.1 Å². The molecule has 26 heavy (non-hydrogen) atoms. The van der Waals surface area contributed by atoms with Crippen LogP contribution in [0.2, 0.25) is 0 Å². The Morgan fingerprint density at radius 1 is 1.15 bits per heavy atom. The van der Waals surface area contributed by atoms with Crippen molar-refractivity contribution < 1.29 is 14.1 Å². The predicted molar refractivity (Wildman–Crippen MR) is 95.7 cm³/mol. The number of aromatic nitrogens is 2. The lowest BCUT2D eigenvalue weighted by atomic mass is 10.1. The third-order valence-corrected chi connectivity index (χ3v) is 4.61. The van der Waals surface area contributed by atoms with Gasteiger partial charge in [-0.2, -0.15) is 4.98 Å². The molecular weight excluding hydrogens is 330 g/mol. The van der Waals surface area contributed by atoms with Gasteiger partial charge in [-0.1, -0.05) is 47.6 Å². The molecule has 1 fully saturated rings. The number of nitrogens with zero attached hydrogens (tertiary/aromatic N) is 3. The number of carbonyl (C=O) groups excluding carboxylic acids is 1. The molecule has 1 aromatic heterocycles. The van der Waals surface area contributed by atoms with E-state index in [1.165, 1.54) is 0 Å². The van der Waals surface area contributed by atoms with E-state index in [1.54, 1.807) is 24.1 Å². The summed E-state index contributed by atoms with van der Waals surface area (Å²) in [6.45, 7) is 0.657. The minimum absolute atomic E-state index is 0.0792. The van der Waals surface area contributed by atoms with Gasteiger partial charge >= 0.3 is 0 Å². The van der Waals surface area contributed by atoms with E-state index in [2.05, 4.69) is 10.1 Å². The number of para-hydroxylation sites is 1. The third-order valence-electron chi connectivity index (χ3n) is 4.61. The number of amides is 1.